The van der Waals surface area contributed by atoms with Crippen LogP contribution in [0.3, 0.4) is 0 Å². The minimum absolute atomic E-state index is 0.198. The Morgan fingerprint density at radius 1 is 1.21 bits per heavy atom. The lowest BCUT2D eigenvalue weighted by atomic mass is 9.99. The molecule has 2 aliphatic rings. The van der Waals surface area contributed by atoms with Gasteiger partial charge in [0.25, 0.3) is 0 Å². The first-order valence-electron chi connectivity index (χ1n) is 7.11. The van der Waals surface area contributed by atoms with E-state index in [-0.39, 0.29) is 5.82 Å². The van der Waals surface area contributed by atoms with Crippen LogP contribution in [0.5, 0.6) is 0 Å². The van der Waals surface area contributed by atoms with E-state index in [0.29, 0.717) is 11.9 Å². The van der Waals surface area contributed by atoms with Crippen LogP contribution in [0.25, 0.3) is 0 Å². The maximum Gasteiger partial charge on any atom is 0.123 e. The number of anilines is 1. The monoisotopic (exact) mass is 282 g/mol. The first kappa shape index (κ1) is 13.2. The molecule has 2 saturated heterocycles. The molecule has 1 aromatic rings. The van der Waals surface area contributed by atoms with Crippen molar-refractivity contribution in [2.75, 3.05) is 31.1 Å². The zero-order valence-electron chi connectivity index (χ0n) is 11.1. The van der Waals surface area contributed by atoms with E-state index < -0.39 is 0 Å². The number of piperazine rings is 1. The fourth-order valence-electron chi connectivity index (χ4n) is 3.34. The molecule has 1 unspecified atom stereocenters. The van der Waals surface area contributed by atoms with E-state index in [1.54, 1.807) is 12.1 Å². The van der Waals surface area contributed by atoms with Crippen molar-refractivity contribution in [3.63, 3.8) is 0 Å². The molecule has 0 aliphatic carbocycles. The van der Waals surface area contributed by atoms with Crippen LogP contribution in [0.1, 0.15) is 24.8 Å². The van der Waals surface area contributed by atoms with Crippen LogP contribution in [0.15, 0.2) is 18.2 Å². The highest BCUT2D eigenvalue weighted by molar-refractivity contribution is 6.17. The van der Waals surface area contributed by atoms with Crippen molar-refractivity contribution >= 4 is 17.3 Å². The number of hydrogen-bond acceptors (Lipinski definition) is 2. The summed E-state index contributed by atoms with van der Waals surface area (Å²) in [6.45, 7) is 4.43. The van der Waals surface area contributed by atoms with Gasteiger partial charge in [-0.3, -0.25) is 4.90 Å². The summed E-state index contributed by atoms with van der Waals surface area (Å²) in [5, 5.41) is 0. The molecule has 0 N–H and O–H groups in total. The van der Waals surface area contributed by atoms with Gasteiger partial charge in [0.2, 0.25) is 0 Å². The average Bonchev–Trinajstić information content (AvgIpc) is 2.46. The summed E-state index contributed by atoms with van der Waals surface area (Å²) >= 11 is 5.96. The Morgan fingerprint density at radius 2 is 2.11 bits per heavy atom. The van der Waals surface area contributed by atoms with E-state index in [9.17, 15) is 4.39 Å². The third-order valence-electron chi connectivity index (χ3n) is 4.36. The molecule has 3 rings (SSSR count). The van der Waals surface area contributed by atoms with Crippen molar-refractivity contribution < 1.29 is 4.39 Å². The second-order valence-corrected chi connectivity index (χ2v) is 5.81. The molecule has 1 atom stereocenters. The Bertz CT molecular complexity index is 452. The summed E-state index contributed by atoms with van der Waals surface area (Å²) in [5.41, 5.74) is 2.02. The zero-order chi connectivity index (χ0) is 13.2. The quantitative estimate of drug-likeness (QED) is 0.769. The second-order valence-electron chi connectivity index (χ2n) is 5.54. The van der Waals surface area contributed by atoms with Gasteiger partial charge in [-0.2, -0.15) is 0 Å². The van der Waals surface area contributed by atoms with E-state index in [2.05, 4.69) is 9.80 Å². The number of piperidine rings is 1. The summed E-state index contributed by atoms with van der Waals surface area (Å²) in [5.74, 6) is 0.175. The Labute approximate surface area is 119 Å². The van der Waals surface area contributed by atoms with Crippen LogP contribution in [-0.2, 0) is 5.88 Å². The van der Waals surface area contributed by atoms with Gasteiger partial charge in [0.15, 0.2) is 0 Å². The molecule has 0 bridgehead atoms. The molecular weight excluding hydrogens is 263 g/mol. The molecule has 0 spiro atoms. The van der Waals surface area contributed by atoms with Crippen LogP contribution in [0.4, 0.5) is 10.1 Å². The van der Waals surface area contributed by atoms with Gasteiger partial charge >= 0.3 is 0 Å². The Kier molecular flexibility index (Phi) is 3.94. The lowest BCUT2D eigenvalue weighted by Crippen LogP contribution is -2.55. The number of rotatable bonds is 2. The lowest BCUT2D eigenvalue weighted by Gasteiger charge is -2.45. The van der Waals surface area contributed by atoms with Crippen LogP contribution < -0.4 is 4.90 Å². The highest BCUT2D eigenvalue weighted by Crippen LogP contribution is 2.28. The number of benzene rings is 1. The maximum absolute atomic E-state index is 13.3. The van der Waals surface area contributed by atoms with Crippen molar-refractivity contribution in [2.24, 2.45) is 0 Å². The van der Waals surface area contributed by atoms with Gasteiger partial charge < -0.3 is 4.90 Å². The molecule has 2 heterocycles. The summed E-state index contributed by atoms with van der Waals surface area (Å²) in [7, 11) is 0. The third-order valence-corrected chi connectivity index (χ3v) is 4.65. The van der Waals surface area contributed by atoms with Gasteiger partial charge in [0.05, 0.1) is 0 Å². The SMILES string of the molecule is Fc1ccc(N2CCN3CCCCC3C2)c(CCl)c1. The molecule has 0 amide bonds. The second kappa shape index (κ2) is 5.68. The predicted molar refractivity (Wildman–Crippen MR) is 77.4 cm³/mol. The highest BCUT2D eigenvalue weighted by atomic mass is 35.5. The summed E-state index contributed by atoms with van der Waals surface area (Å²) < 4.78 is 13.3. The van der Waals surface area contributed by atoms with E-state index >= 15 is 0 Å². The molecule has 104 valence electrons. The van der Waals surface area contributed by atoms with Crippen molar-refractivity contribution in [3.8, 4) is 0 Å². The molecule has 1 aromatic carbocycles. The van der Waals surface area contributed by atoms with Gasteiger partial charge in [-0.1, -0.05) is 6.42 Å². The molecule has 0 saturated carbocycles. The lowest BCUT2D eigenvalue weighted by molar-refractivity contribution is 0.133. The van der Waals surface area contributed by atoms with Gasteiger partial charge in [0.1, 0.15) is 5.82 Å². The van der Waals surface area contributed by atoms with E-state index in [0.717, 1.165) is 30.9 Å². The summed E-state index contributed by atoms with van der Waals surface area (Å²) in [6.07, 6.45) is 3.95. The molecule has 0 aromatic heterocycles. The minimum Gasteiger partial charge on any atom is -0.368 e. The highest BCUT2D eigenvalue weighted by Gasteiger charge is 2.29. The van der Waals surface area contributed by atoms with Crippen molar-refractivity contribution in [1.82, 2.24) is 4.90 Å². The van der Waals surface area contributed by atoms with Gasteiger partial charge in [-0.15, -0.1) is 11.6 Å². The van der Waals surface area contributed by atoms with Crippen LogP contribution >= 0.6 is 11.6 Å². The standard InChI is InChI=1S/C15H20ClFN2/c16-10-12-9-13(17)4-5-15(12)19-8-7-18-6-2-1-3-14(18)11-19/h4-5,9,14H,1-3,6-8,10-11H2. The van der Waals surface area contributed by atoms with E-state index in [4.69, 9.17) is 11.6 Å². The number of halogens is 2. The molecule has 2 aliphatic heterocycles. The first-order valence-corrected chi connectivity index (χ1v) is 7.65. The Hall–Kier alpha value is -0.800. The van der Waals surface area contributed by atoms with Crippen molar-refractivity contribution in [2.45, 2.75) is 31.2 Å². The van der Waals surface area contributed by atoms with Gasteiger partial charge in [-0.05, 0) is 43.1 Å². The zero-order valence-corrected chi connectivity index (χ0v) is 11.9. The summed E-state index contributed by atoms with van der Waals surface area (Å²) in [6, 6.07) is 5.65. The molecule has 4 heteroatoms. The first-order chi connectivity index (χ1) is 9.28. The van der Waals surface area contributed by atoms with E-state index in [1.807, 2.05) is 6.07 Å². The third kappa shape index (κ3) is 2.72. The van der Waals surface area contributed by atoms with Gasteiger partial charge in [-0.25, -0.2) is 4.39 Å². The van der Waals surface area contributed by atoms with Crippen LogP contribution in [0, 0.1) is 5.82 Å². The number of alkyl halides is 1. The van der Waals surface area contributed by atoms with Crippen LogP contribution in [-0.4, -0.2) is 37.1 Å². The fraction of sp³-hybridized carbons (Fsp3) is 0.600. The molecular formula is C15H20ClFN2. The topological polar surface area (TPSA) is 6.48 Å². The fourth-order valence-corrected chi connectivity index (χ4v) is 3.56. The maximum atomic E-state index is 13.3. The minimum atomic E-state index is -0.198. The Morgan fingerprint density at radius 3 is 2.95 bits per heavy atom. The smallest absolute Gasteiger partial charge is 0.123 e. The van der Waals surface area contributed by atoms with Gasteiger partial charge in [0, 0.05) is 37.2 Å². The van der Waals surface area contributed by atoms with E-state index in [1.165, 1.54) is 25.8 Å². The normalized spacial score (nSPS) is 24.3. The number of nitrogens with zero attached hydrogens (tertiary/aromatic N) is 2. The largest absolute Gasteiger partial charge is 0.368 e. The molecule has 0 radical (unpaired) electrons. The molecule has 2 nitrogen and oxygen atoms in total. The molecule has 19 heavy (non-hydrogen) atoms. The average molecular weight is 283 g/mol. The number of hydrogen-bond donors (Lipinski definition) is 0. The predicted octanol–water partition coefficient (Wildman–Crippen LogP) is 3.24. The summed E-state index contributed by atoms with van der Waals surface area (Å²) in [4.78, 5) is 4.98. The Balaban J connectivity index is 1.79. The van der Waals surface area contributed by atoms with Crippen molar-refractivity contribution in [1.29, 1.82) is 0 Å². The van der Waals surface area contributed by atoms with Crippen LogP contribution in [0.2, 0.25) is 0 Å². The number of fused-ring (bicyclic) bond motifs is 1. The molecule has 2 fully saturated rings. The van der Waals surface area contributed by atoms with Crippen molar-refractivity contribution in [3.05, 3.63) is 29.6 Å².